The number of hydrogen-bond donors (Lipinski definition) is 2. The lowest BCUT2D eigenvalue weighted by Gasteiger charge is -2.38. The third-order valence-corrected chi connectivity index (χ3v) is 3.15. The molecule has 0 fully saturated rings. The molecule has 0 aliphatic carbocycles. The van der Waals surface area contributed by atoms with Crippen molar-refractivity contribution in [2.45, 2.75) is 51.7 Å². The number of rotatable bonds is 9. The van der Waals surface area contributed by atoms with Gasteiger partial charge in [-0.25, -0.2) is 9.59 Å². The minimum atomic E-state index is -2.84. The molecule has 2 atom stereocenters. The lowest BCUT2D eigenvalue weighted by atomic mass is 9.85. The van der Waals surface area contributed by atoms with Crippen molar-refractivity contribution in [3.8, 4) is 0 Å². The van der Waals surface area contributed by atoms with Gasteiger partial charge in [-0.1, -0.05) is 0 Å². The quantitative estimate of drug-likeness (QED) is 0.419. The zero-order valence-electron chi connectivity index (χ0n) is 13.6. The van der Waals surface area contributed by atoms with Gasteiger partial charge in [0.1, 0.15) is 24.4 Å². The summed E-state index contributed by atoms with van der Waals surface area (Å²) in [5.74, 6) is -7.72. The molecule has 0 spiro atoms. The molecule has 0 amide bonds. The number of carboxylic acid groups (broad SMARTS) is 2. The Bertz CT molecular complexity index is 540. The van der Waals surface area contributed by atoms with E-state index in [2.05, 4.69) is 9.47 Å². The highest BCUT2D eigenvalue weighted by atomic mass is 16.6. The van der Waals surface area contributed by atoms with Crippen LogP contribution in [0.5, 0.6) is 0 Å². The van der Waals surface area contributed by atoms with Gasteiger partial charge in [0.05, 0.1) is 0 Å². The van der Waals surface area contributed by atoms with Crippen molar-refractivity contribution >= 4 is 35.4 Å². The molecule has 0 aromatic rings. The van der Waals surface area contributed by atoms with Gasteiger partial charge in [-0.05, 0) is 27.7 Å². The van der Waals surface area contributed by atoms with Crippen LogP contribution in [0.25, 0.3) is 0 Å². The number of ether oxygens (including phenoxy) is 2. The highest BCUT2D eigenvalue weighted by Gasteiger charge is 2.62. The lowest BCUT2D eigenvalue weighted by Crippen LogP contribution is -2.64. The van der Waals surface area contributed by atoms with Crippen LogP contribution in [0.3, 0.4) is 0 Å². The first kappa shape index (κ1) is 21.2. The molecule has 0 radical (unpaired) electrons. The average molecular weight is 346 g/mol. The van der Waals surface area contributed by atoms with Crippen molar-refractivity contribution < 1.29 is 48.5 Å². The smallest absolute Gasteiger partial charge is 0.352 e. The van der Waals surface area contributed by atoms with Crippen LogP contribution < -0.4 is 0 Å². The van der Waals surface area contributed by atoms with Crippen LogP contribution in [0.15, 0.2) is 0 Å². The topological polar surface area (TPSA) is 161 Å². The summed E-state index contributed by atoms with van der Waals surface area (Å²) in [7, 11) is 0. The first-order valence-corrected chi connectivity index (χ1v) is 6.65. The summed E-state index contributed by atoms with van der Waals surface area (Å²) in [5, 5.41) is 18.6. The molecular weight excluding hydrogens is 328 g/mol. The fraction of sp³-hybridized carbons (Fsp3) is 0.571. The molecule has 0 saturated carbocycles. The number of carboxylic acids is 2. The van der Waals surface area contributed by atoms with E-state index in [4.69, 9.17) is 0 Å². The largest absolute Gasteiger partial charge is 0.478 e. The van der Waals surface area contributed by atoms with Crippen molar-refractivity contribution in [1.29, 1.82) is 0 Å². The van der Waals surface area contributed by atoms with Gasteiger partial charge in [0.25, 0.3) is 11.2 Å². The SMILES string of the molecule is CC(=O)CC(=O)O[C@](C)(C(=O)O)[C@](C)(OC(=O)CC(C)=O)C(=O)O. The van der Waals surface area contributed by atoms with Gasteiger partial charge in [0, 0.05) is 0 Å². The minimum absolute atomic E-state index is 0.640. The Morgan fingerprint density at radius 3 is 1.12 bits per heavy atom. The molecule has 2 N–H and O–H groups in total. The number of ketones is 2. The maximum atomic E-state index is 11.6. The van der Waals surface area contributed by atoms with E-state index in [0.29, 0.717) is 13.8 Å². The molecule has 10 heteroatoms. The third-order valence-electron chi connectivity index (χ3n) is 3.15. The predicted octanol–water partition coefficient (Wildman–Crippen LogP) is -0.282. The van der Waals surface area contributed by atoms with E-state index in [-0.39, 0.29) is 0 Å². The van der Waals surface area contributed by atoms with Crippen LogP contribution in [0, 0.1) is 0 Å². The summed E-state index contributed by atoms with van der Waals surface area (Å²) in [6, 6.07) is 0. The van der Waals surface area contributed by atoms with Gasteiger partial charge < -0.3 is 19.7 Å². The average Bonchev–Trinajstić information content (AvgIpc) is 2.35. The Labute approximate surface area is 136 Å². The van der Waals surface area contributed by atoms with E-state index in [0.717, 1.165) is 13.8 Å². The monoisotopic (exact) mass is 346 g/mol. The van der Waals surface area contributed by atoms with E-state index in [9.17, 15) is 39.0 Å². The van der Waals surface area contributed by atoms with Gasteiger partial charge in [0.15, 0.2) is 0 Å². The van der Waals surface area contributed by atoms with Crippen molar-refractivity contribution in [3.05, 3.63) is 0 Å². The zero-order chi connectivity index (χ0) is 19.3. The summed E-state index contributed by atoms with van der Waals surface area (Å²) >= 11 is 0. The van der Waals surface area contributed by atoms with Crippen LogP contribution in [0.1, 0.15) is 40.5 Å². The summed E-state index contributed by atoms with van der Waals surface area (Å²) in [5.41, 5.74) is -5.67. The molecule has 0 heterocycles. The molecular formula is C14H18O10. The molecule has 0 aromatic carbocycles. The maximum Gasteiger partial charge on any atom is 0.352 e. The van der Waals surface area contributed by atoms with E-state index >= 15 is 0 Å². The summed E-state index contributed by atoms with van der Waals surface area (Å²) < 4.78 is 9.28. The van der Waals surface area contributed by atoms with Gasteiger partial charge in [-0.15, -0.1) is 0 Å². The minimum Gasteiger partial charge on any atom is -0.478 e. The summed E-state index contributed by atoms with van der Waals surface area (Å²) in [6.07, 6.45) is -1.58. The van der Waals surface area contributed by atoms with E-state index in [1.807, 2.05) is 0 Å². The molecule has 0 rings (SSSR count). The Kier molecular flexibility index (Phi) is 6.78. The Morgan fingerprint density at radius 2 is 0.958 bits per heavy atom. The number of carbonyl (C=O) groups excluding carboxylic acids is 4. The molecule has 24 heavy (non-hydrogen) atoms. The Hall–Kier alpha value is -2.78. The number of Topliss-reactive ketones (excluding diaryl/α,β-unsaturated/α-hetero) is 2. The summed E-state index contributed by atoms with van der Waals surface area (Å²) in [4.78, 5) is 68.1. The van der Waals surface area contributed by atoms with E-state index < -0.39 is 59.5 Å². The Morgan fingerprint density at radius 1 is 0.708 bits per heavy atom. The fourth-order valence-electron chi connectivity index (χ4n) is 1.62. The molecule has 0 aliphatic heterocycles. The van der Waals surface area contributed by atoms with Crippen LogP contribution >= 0.6 is 0 Å². The number of aliphatic carboxylic acids is 2. The predicted molar refractivity (Wildman–Crippen MR) is 74.9 cm³/mol. The first-order chi connectivity index (χ1) is 10.8. The van der Waals surface area contributed by atoms with E-state index in [1.165, 1.54) is 0 Å². The molecule has 0 aliphatic rings. The number of esters is 2. The van der Waals surface area contributed by atoms with E-state index in [1.54, 1.807) is 0 Å². The normalized spacial score (nSPS) is 15.3. The van der Waals surface area contributed by atoms with Crippen molar-refractivity contribution in [3.63, 3.8) is 0 Å². The van der Waals surface area contributed by atoms with Gasteiger partial charge in [-0.3, -0.25) is 19.2 Å². The first-order valence-electron chi connectivity index (χ1n) is 6.65. The molecule has 10 nitrogen and oxygen atoms in total. The van der Waals surface area contributed by atoms with Crippen molar-refractivity contribution in [1.82, 2.24) is 0 Å². The molecule has 0 aromatic heterocycles. The number of hydrogen-bond acceptors (Lipinski definition) is 8. The van der Waals surface area contributed by atoms with Gasteiger partial charge in [0.2, 0.25) is 0 Å². The highest BCUT2D eigenvalue weighted by molar-refractivity contribution is 5.99. The second-order valence-electron chi connectivity index (χ2n) is 5.38. The van der Waals surface area contributed by atoms with Crippen molar-refractivity contribution in [2.75, 3.05) is 0 Å². The second-order valence-corrected chi connectivity index (χ2v) is 5.38. The summed E-state index contributed by atoms with van der Waals surface area (Å²) in [6.45, 7) is 3.51. The Balaban J connectivity index is 5.81. The highest BCUT2D eigenvalue weighted by Crippen LogP contribution is 2.32. The second kappa shape index (κ2) is 7.66. The van der Waals surface area contributed by atoms with Gasteiger partial charge in [-0.2, -0.15) is 0 Å². The fourth-order valence-corrected chi connectivity index (χ4v) is 1.62. The van der Waals surface area contributed by atoms with Gasteiger partial charge >= 0.3 is 23.9 Å². The lowest BCUT2D eigenvalue weighted by molar-refractivity contribution is -0.222. The number of carbonyl (C=O) groups is 6. The van der Waals surface area contributed by atoms with Crippen LogP contribution in [-0.2, 0) is 38.2 Å². The van der Waals surface area contributed by atoms with Crippen LogP contribution in [0.2, 0.25) is 0 Å². The van der Waals surface area contributed by atoms with Crippen molar-refractivity contribution in [2.24, 2.45) is 0 Å². The standard InChI is InChI=1S/C14H18O10/c1-7(15)5-9(17)23-13(3,11(19)20)14(4,12(21)22)24-10(18)6-8(2)16/h5-6H2,1-4H3,(H,19,20)(H,21,22)/t13-,14-/m1/s1. The molecule has 0 saturated heterocycles. The molecule has 0 unspecified atom stereocenters. The van der Waals surface area contributed by atoms with Crippen LogP contribution in [-0.4, -0.2) is 56.9 Å². The third kappa shape index (κ3) is 4.86. The maximum absolute atomic E-state index is 11.6. The zero-order valence-corrected chi connectivity index (χ0v) is 13.6. The molecule has 134 valence electrons. The molecule has 0 bridgehead atoms. The van der Waals surface area contributed by atoms with Crippen LogP contribution in [0.4, 0.5) is 0 Å².